The van der Waals surface area contributed by atoms with E-state index in [0.717, 1.165) is 48.7 Å². The Hall–Kier alpha value is -1.81. The van der Waals surface area contributed by atoms with E-state index in [1.807, 2.05) is 12.3 Å². The zero-order valence-corrected chi connectivity index (χ0v) is 12.5. The summed E-state index contributed by atoms with van der Waals surface area (Å²) in [5.41, 5.74) is 4.50. The molecule has 0 aliphatic heterocycles. The zero-order valence-electron chi connectivity index (χ0n) is 12.5. The van der Waals surface area contributed by atoms with E-state index in [9.17, 15) is 0 Å². The molecule has 0 saturated carbocycles. The molecule has 0 fully saturated rings. The van der Waals surface area contributed by atoms with Gasteiger partial charge in [-0.05, 0) is 38.4 Å². The third-order valence-corrected chi connectivity index (χ3v) is 3.28. The highest BCUT2D eigenvalue weighted by molar-refractivity contribution is 5.26. The Morgan fingerprint density at radius 1 is 1.15 bits per heavy atom. The lowest BCUT2D eigenvalue weighted by Crippen LogP contribution is -2.17. The van der Waals surface area contributed by atoms with Gasteiger partial charge < -0.3 is 5.32 Å². The van der Waals surface area contributed by atoms with Crippen LogP contribution in [0.1, 0.15) is 41.7 Å². The third kappa shape index (κ3) is 3.84. The fraction of sp³-hybridized carbons (Fsp3) is 0.438. The summed E-state index contributed by atoms with van der Waals surface area (Å²) < 4.78 is 0. The van der Waals surface area contributed by atoms with Crippen LogP contribution in [0.4, 0.5) is 0 Å². The van der Waals surface area contributed by atoms with Gasteiger partial charge in [-0.1, -0.05) is 13.0 Å². The molecule has 2 rings (SSSR count). The van der Waals surface area contributed by atoms with Crippen LogP contribution >= 0.6 is 0 Å². The van der Waals surface area contributed by atoms with E-state index >= 15 is 0 Å². The average Bonchev–Trinajstić information content (AvgIpc) is 2.43. The number of aryl methyl sites for hydroxylation is 2. The van der Waals surface area contributed by atoms with Crippen LogP contribution in [0, 0.1) is 13.8 Å². The van der Waals surface area contributed by atoms with E-state index in [4.69, 9.17) is 0 Å². The number of pyridine rings is 1. The summed E-state index contributed by atoms with van der Waals surface area (Å²) >= 11 is 0. The van der Waals surface area contributed by atoms with Gasteiger partial charge in [-0.2, -0.15) is 0 Å². The van der Waals surface area contributed by atoms with Crippen LogP contribution in [-0.4, -0.2) is 21.5 Å². The van der Waals surface area contributed by atoms with Crippen molar-refractivity contribution >= 4 is 0 Å². The first-order valence-electron chi connectivity index (χ1n) is 7.13. The van der Waals surface area contributed by atoms with Gasteiger partial charge in [0, 0.05) is 42.3 Å². The molecule has 106 valence electrons. The van der Waals surface area contributed by atoms with Crippen LogP contribution in [0.25, 0.3) is 0 Å². The van der Waals surface area contributed by atoms with E-state index in [2.05, 4.69) is 47.1 Å². The summed E-state index contributed by atoms with van der Waals surface area (Å²) in [6.45, 7) is 8.16. The van der Waals surface area contributed by atoms with Crippen molar-refractivity contribution in [2.45, 2.75) is 40.2 Å². The highest BCUT2D eigenvalue weighted by Crippen LogP contribution is 2.12. The summed E-state index contributed by atoms with van der Waals surface area (Å²) in [4.78, 5) is 13.4. The smallest absolute Gasteiger partial charge is 0.133 e. The fourth-order valence-electron chi connectivity index (χ4n) is 2.22. The van der Waals surface area contributed by atoms with Crippen LogP contribution in [-0.2, 0) is 13.0 Å². The first-order valence-corrected chi connectivity index (χ1v) is 7.13. The SMILES string of the molecule is CCCNCc1c(C)nc(Cc2cccnc2)nc1C. The second-order valence-electron chi connectivity index (χ2n) is 5.00. The number of nitrogens with one attached hydrogen (secondary N) is 1. The third-order valence-electron chi connectivity index (χ3n) is 3.28. The molecule has 0 aliphatic rings. The number of nitrogens with zero attached hydrogens (tertiary/aromatic N) is 3. The molecule has 4 heteroatoms. The van der Waals surface area contributed by atoms with Gasteiger partial charge in [-0.3, -0.25) is 4.98 Å². The van der Waals surface area contributed by atoms with Gasteiger partial charge in [0.1, 0.15) is 5.82 Å². The quantitative estimate of drug-likeness (QED) is 0.820. The highest BCUT2D eigenvalue weighted by Gasteiger charge is 2.08. The largest absolute Gasteiger partial charge is 0.313 e. The van der Waals surface area contributed by atoms with Crippen molar-refractivity contribution in [2.24, 2.45) is 0 Å². The summed E-state index contributed by atoms with van der Waals surface area (Å²) in [6, 6.07) is 4.00. The van der Waals surface area contributed by atoms with Gasteiger partial charge in [-0.25, -0.2) is 9.97 Å². The van der Waals surface area contributed by atoms with Gasteiger partial charge in [-0.15, -0.1) is 0 Å². The zero-order chi connectivity index (χ0) is 14.4. The molecule has 0 saturated heterocycles. The van der Waals surface area contributed by atoms with Crippen molar-refractivity contribution in [1.82, 2.24) is 20.3 Å². The number of hydrogen-bond acceptors (Lipinski definition) is 4. The van der Waals surface area contributed by atoms with Gasteiger partial charge in [0.2, 0.25) is 0 Å². The average molecular weight is 270 g/mol. The van der Waals surface area contributed by atoms with Gasteiger partial charge in [0.25, 0.3) is 0 Å². The van der Waals surface area contributed by atoms with Crippen molar-refractivity contribution in [3.8, 4) is 0 Å². The molecule has 0 aromatic carbocycles. The van der Waals surface area contributed by atoms with E-state index in [-0.39, 0.29) is 0 Å². The molecule has 2 aromatic rings. The van der Waals surface area contributed by atoms with E-state index in [0.29, 0.717) is 0 Å². The fourth-order valence-corrected chi connectivity index (χ4v) is 2.22. The minimum Gasteiger partial charge on any atom is -0.313 e. The number of aromatic nitrogens is 3. The lowest BCUT2D eigenvalue weighted by Gasteiger charge is -2.11. The maximum absolute atomic E-state index is 4.63. The molecule has 1 N–H and O–H groups in total. The van der Waals surface area contributed by atoms with Crippen molar-refractivity contribution in [2.75, 3.05) is 6.54 Å². The van der Waals surface area contributed by atoms with Crippen molar-refractivity contribution < 1.29 is 0 Å². The minimum atomic E-state index is 0.734. The molecule has 0 unspecified atom stereocenters. The first-order chi connectivity index (χ1) is 9.70. The van der Waals surface area contributed by atoms with Gasteiger partial charge in [0.15, 0.2) is 0 Å². The molecule has 2 aromatic heterocycles. The van der Waals surface area contributed by atoms with Crippen molar-refractivity contribution in [3.63, 3.8) is 0 Å². The maximum atomic E-state index is 4.63. The van der Waals surface area contributed by atoms with E-state index < -0.39 is 0 Å². The molecular weight excluding hydrogens is 248 g/mol. The van der Waals surface area contributed by atoms with Crippen molar-refractivity contribution in [3.05, 3.63) is 52.9 Å². The standard InChI is InChI=1S/C16H22N4/c1-4-7-17-11-15-12(2)19-16(20-13(15)3)9-14-6-5-8-18-10-14/h5-6,8,10,17H,4,7,9,11H2,1-3H3. The Kier molecular flexibility index (Phi) is 5.18. The van der Waals surface area contributed by atoms with E-state index in [1.165, 1.54) is 5.56 Å². The topological polar surface area (TPSA) is 50.7 Å². The molecule has 0 aliphatic carbocycles. The Labute approximate surface area is 120 Å². The Balaban J connectivity index is 2.13. The second kappa shape index (κ2) is 7.10. The summed E-state index contributed by atoms with van der Waals surface area (Å²) in [5, 5.41) is 3.41. The molecular formula is C16H22N4. The highest BCUT2D eigenvalue weighted by atomic mass is 14.9. The predicted octanol–water partition coefficient (Wildman–Crippen LogP) is 2.58. The maximum Gasteiger partial charge on any atom is 0.133 e. The van der Waals surface area contributed by atoms with Crippen LogP contribution in [0.15, 0.2) is 24.5 Å². The summed E-state index contributed by atoms with van der Waals surface area (Å²) in [5.74, 6) is 0.868. The lowest BCUT2D eigenvalue weighted by molar-refractivity contribution is 0.662. The van der Waals surface area contributed by atoms with Gasteiger partial charge >= 0.3 is 0 Å². The normalized spacial score (nSPS) is 10.8. The number of rotatable bonds is 6. The molecule has 2 heterocycles. The monoisotopic (exact) mass is 270 g/mol. The lowest BCUT2D eigenvalue weighted by atomic mass is 10.1. The van der Waals surface area contributed by atoms with E-state index in [1.54, 1.807) is 6.20 Å². The number of hydrogen-bond donors (Lipinski definition) is 1. The predicted molar refractivity (Wildman–Crippen MR) is 80.5 cm³/mol. The Morgan fingerprint density at radius 3 is 2.50 bits per heavy atom. The molecule has 0 spiro atoms. The summed E-state index contributed by atoms with van der Waals surface area (Å²) in [7, 11) is 0. The van der Waals surface area contributed by atoms with Crippen LogP contribution < -0.4 is 5.32 Å². The molecule has 4 nitrogen and oxygen atoms in total. The second-order valence-corrected chi connectivity index (χ2v) is 5.00. The molecule has 0 radical (unpaired) electrons. The Morgan fingerprint density at radius 2 is 1.90 bits per heavy atom. The van der Waals surface area contributed by atoms with Crippen LogP contribution in [0.5, 0.6) is 0 Å². The summed E-state index contributed by atoms with van der Waals surface area (Å²) in [6.07, 6.45) is 5.52. The van der Waals surface area contributed by atoms with Crippen LogP contribution in [0.3, 0.4) is 0 Å². The Bertz CT molecular complexity index is 529. The van der Waals surface area contributed by atoms with Crippen molar-refractivity contribution in [1.29, 1.82) is 0 Å². The molecule has 20 heavy (non-hydrogen) atoms. The molecule has 0 bridgehead atoms. The molecule has 0 amide bonds. The van der Waals surface area contributed by atoms with Gasteiger partial charge in [0.05, 0.1) is 0 Å². The molecule has 0 atom stereocenters. The minimum absolute atomic E-state index is 0.734. The van der Waals surface area contributed by atoms with Crippen LogP contribution in [0.2, 0.25) is 0 Å². The first kappa shape index (κ1) is 14.6.